The molecule has 0 aliphatic heterocycles. The van der Waals surface area contributed by atoms with Crippen LogP contribution in [0.4, 0.5) is 0 Å². The van der Waals surface area contributed by atoms with Gasteiger partial charge in [-0.1, -0.05) is 17.7 Å². The Morgan fingerprint density at radius 3 is 2.86 bits per heavy atom. The van der Waals surface area contributed by atoms with Gasteiger partial charge >= 0.3 is 0 Å². The number of benzene rings is 1. The molecule has 1 nitrogen and oxygen atoms in total. The molecule has 2 aromatic rings. The zero-order valence-electron chi connectivity index (χ0n) is 7.51. The number of rotatable bonds is 2. The lowest BCUT2D eigenvalue weighted by molar-refractivity contribution is 0.420. The second-order valence-electron chi connectivity index (χ2n) is 2.85. The summed E-state index contributed by atoms with van der Waals surface area (Å²) in [6.07, 6.45) is 0. The first-order valence-corrected chi connectivity index (χ1v) is 5.80. The lowest BCUT2D eigenvalue weighted by Crippen LogP contribution is -1.85. The predicted molar refractivity (Wildman–Crippen MR) is 62.9 cm³/mol. The molecule has 0 spiro atoms. The summed E-state index contributed by atoms with van der Waals surface area (Å²) in [5, 5.41) is 1.04. The van der Waals surface area contributed by atoms with Gasteiger partial charge < -0.3 is 4.74 Å². The number of hydrogen-bond acceptors (Lipinski definition) is 2. The molecule has 0 bridgehead atoms. The van der Waals surface area contributed by atoms with E-state index < -0.39 is 0 Å². The zero-order chi connectivity index (χ0) is 10.1. The van der Waals surface area contributed by atoms with Crippen molar-refractivity contribution in [1.82, 2.24) is 0 Å². The van der Waals surface area contributed by atoms with Crippen molar-refractivity contribution < 1.29 is 4.74 Å². The van der Waals surface area contributed by atoms with Crippen LogP contribution in [-0.4, -0.2) is 7.11 Å². The molecule has 0 N–H and O–H groups in total. The molecule has 0 saturated carbocycles. The van der Waals surface area contributed by atoms with Crippen molar-refractivity contribution in [3.05, 3.63) is 28.1 Å². The Hall–Kier alpha value is -0.440. The van der Waals surface area contributed by atoms with Crippen molar-refractivity contribution in [2.75, 3.05) is 7.11 Å². The van der Waals surface area contributed by atoms with Gasteiger partial charge in [0.15, 0.2) is 0 Å². The summed E-state index contributed by atoms with van der Waals surface area (Å²) in [5.41, 5.74) is 1.10. The molecule has 0 aliphatic rings. The van der Waals surface area contributed by atoms with Gasteiger partial charge in [-0.05, 0) is 17.7 Å². The third-order valence-corrected chi connectivity index (χ3v) is 3.69. The number of thiophene rings is 1. The lowest BCUT2D eigenvalue weighted by atomic mass is 10.2. The maximum absolute atomic E-state index is 5.96. The van der Waals surface area contributed by atoms with E-state index in [1.807, 2.05) is 18.2 Å². The van der Waals surface area contributed by atoms with E-state index in [1.165, 1.54) is 11.3 Å². The molecule has 0 aliphatic carbocycles. The molecule has 0 unspecified atom stereocenters. The highest BCUT2D eigenvalue weighted by molar-refractivity contribution is 7.22. The Labute approximate surface area is 96.2 Å². The quantitative estimate of drug-likeness (QED) is 0.719. The van der Waals surface area contributed by atoms with Gasteiger partial charge in [0.2, 0.25) is 0 Å². The Bertz CT molecular complexity index is 423. The largest absolute Gasteiger partial charge is 0.496 e. The summed E-state index contributed by atoms with van der Waals surface area (Å²) in [4.78, 5) is 0. The molecular formula is C10H8Cl2OS. The summed E-state index contributed by atoms with van der Waals surface area (Å²) in [5.74, 6) is 1.34. The number of ether oxygens (including phenoxy) is 1. The first-order chi connectivity index (χ1) is 6.76. The van der Waals surface area contributed by atoms with Crippen LogP contribution in [0.1, 0.15) is 5.56 Å². The minimum Gasteiger partial charge on any atom is -0.496 e. The predicted octanol–water partition coefficient (Wildman–Crippen LogP) is 4.30. The van der Waals surface area contributed by atoms with E-state index in [0.29, 0.717) is 5.88 Å². The third-order valence-electron chi connectivity index (χ3n) is 2.06. The van der Waals surface area contributed by atoms with E-state index in [-0.39, 0.29) is 0 Å². The first kappa shape index (κ1) is 10.1. The molecule has 1 aromatic carbocycles. The number of halogens is 2. The van der Waals surface area contributed by atoms with Gasteiger partial charge in [0, 0.05) is 16.0 Å². The Morgan fingerprint density at radius 1 is 1.43 bits per heavy atom. The van der Waals surface area contributed by atoms with Crippen LogP contribution in [0.2, 0.25) is 4.34 Å². The normalized spacial score (nSPS) is 10.8. The van der Waals surface area contributed by atoms with E-state index in [0.717, 1.165) is 25.7 Å². The molecule has 0 saturated heterocycles. The number of fused-ring (bicyclic) bond motifs is 1. The maximum Gasteiger partial charge on any atom is 0.127 e. The number of alkyl halides is 1. The molecule has 14 heavy (non-hydrogen) atoms. The average Bonchev–Trinajstić information content (AvgIpc) is 2.57. The number of hydrogen-bond donors (Lipinski definition) is 0. The topological polar surface area (TPSA) is 9.23 Å². The van der Waals surface area contributed by atoms with Gasteiger partial charge in [-0.15, -0.1) is 22.9 Å². The van der Waals surface area contributed by atoms with Gasteiger partial charge in [-0.25, -0.2) is 0 Å². The Morgan fingerprint density at radius 2 is 2.21 bits per heavy atom. The minimum absolute atomic E-state index is 0.497. The first-order valence-electron chi connectivity index (χ1n) is 4.07. The highest BCUT2D eigenvalue weighted by atomic mass is 35.5. The fourth-order valence-corrected chi connectivity index (χ4v) is 2.96. The molecule has 1 heterocycles. The van der Waals surface area contributed by atoms with Crippen LogP contribution in [0, 0.1) is 0 Å². The zero-order valence-corrected chi connectivity index (χ0v) is 9.84. The SMILES string of the molecule is COc1ccc(CCl)c2sc(Cl)cc12. The monoisotopic (exact) mass is 246 g/mol. The standard InChI is InChI=1S/C10H8Cl2OS/c1-13-8-3-2-6(5-11)10-7(8)4-9(12)14-10/h2-4H,5H2,1H3. The van der Waals surface area contributed by atoms with Crippen LogP contribution >= 0.6 is 34.5 Å². The molecule has 0 amide bonds. The van der Waals surface area contributed by atoms with Crippen molar-refractivity contribution in [3.63, 3.8) is 0 Å². The van der Waals surface area contributed by atoms with Crippen LogP contribution in [0.15, 0.2) is 18.2 Å². The maximum atomic E-state index is 5.96. The van der Waals surface area contributed by atoms with Crippen molar-refractivity contribution in [2.45, 2.75) is 5.88 Å². The highest BCUT2D eigenvalue weighted by Crippen LogP contribution is 2.38. The molecule has 1 aromatic heterocycles. The van der Waals surface area contributed by atoms with Crippen molar-refractivity contribution in [3.8, 4) is 5.75 Å². The van der Waals surface area contributed by atoms with Crippen molar-refractivity contribution in [1.29, 1.82) is 0 Å². The molecule has 0 radical (unpaired) electrons. The second-order valence-corrected chi connectivity index (χ2v) is 4.80. The van der Waals surface area contributed by atoms with Gasteiger partial charge in [0.05, 0.1) is 11.4 Å². The third kappa shape index (κ3) is 1.58. The Kier molecular flexibility index (Phi) is 2.86. The van der Waals surface area contributed by atoms with E-state index in [2.05, 4.69) is 0 Å². The summed E-state index contributed by atoms with van der Waals surface area (Å²) in [6.45, 7) is 0. The molecule has 2 rings (SSSR count). The van der Waals surface area contributed by atoms with Crippen LogP contribution in [0.3, 0.4) is 0 Å². The summed E-state index contributed by atoms with van der Waals surface area (Å²) in [6, 6.07) is 5.81. The molecule has 0 atom stereocenters. The summed E-state index contributed by atoms with van der Waals surface area (Å²) < 4.78 is 7.12. The fourth-order valence-electron chi connectivity index (χ4n) is 1.41. The number of methoxy groups -OCH3 is 1. The summed E-state index contributed by atoms with van der Waals surface area (Å²) in [7, 11) is 1.65. The molecule has 4 heteroatoms. The lowest BCUT2D eigenvalue weighted by Gasteiger charge is -2.03. The fraction of sp³-hybridized carbons (Fsp3) is 0.200. The van der Waals surface area contributed by atoms with Crippen LogP contribution < -0.4 is 4.74 Å². The van der Waals surface area contributed by atoms with Crippen LogP contribution in [0.5, 0.6) is 5.75 Å². The van der Waals surface area contributed by atoms with E-state index in [4.69, 9.17) is 27.9 Å². The molecule has 74 valence electrons. The van der Waals surface area contributed by atoms with E-state index >= 15 is 0 Å². The Balaban J connectivity index is 2.77. The van der Waals surface area contributed by atoms with E-state index in [1.54, 1.807) is 7.11 Å². The smallest absolute Gasteiger partial charge is 0.127 e. The van der Waals surface area contributed by atoms with Crippen molar-refractivity contribution >= 4 is 44.6 Å². The highest BCUT2D eigenvalue weighted by Gasteiger charge is 2.09. The molecule has 0 fully saturated rings. The van der Waals surface area contributed by atoms with Crippen molar-refractivity contribution in [2.24, 2.45) is 0 Å². The van der Waals surface area contributed by atoms with Crippen LogP contribution in [0.25, 0.3) is 10.1 Å². The minimum atomic E-state index is 0.497. The van der Waals surface area contributed by atoms with Gasteiger partial charge in [-0.2, -0.15) is 0 Å². The summed E-state index contributed by atoms with van der Waals surface area (Å²) >= 11 is 13.3. The van der Waals surface area contributed by atoms with Gasteiger partial charge in [-0.3, -0.25) is 0 Å². The van der Waals surface area contributed by atoms with Gasteiger partial charge in [0.1, 0.15) is 5.75 Å². The van der Waals surface area contributed by atoms with Crippen LogP contribution in [-0.2, 0) is 5.88 Å². The van der Waals surface area contributed by atoms with E-state index in [9.17, 15) is 0 Å². The molecular weight excluding hydrogens is 239 g/mol. The second kappa shape index (κ2) is 3.97. The van der Waals surface area contributed by atoms with Gasteiger partial charge in [0.25, 0.3) is 0 Å². The average molecular weight is 247 g/mol.